The SMILES string of the molecule is C[C@@H](C(F)F)N(C(=O)O)[C@H]1CN(Cc2ccccc2)CC1F. The largest absolute Gasteiger partial charge is 0.465 e. The van der Waals surface area contributed by atoms with E-state index in [-0.39, 0.29) is 13.1 Å². The normalized spacial score (nSPS) is 23.7. The number of hydrogen-bond acceptors (Lipinski definition) is 2. The topological polar surface area (TPSA) is 43.8 Å². The lowest BCUT2D eigenvalue weighted by molar-refractivity contribution is 0.00808. The molecule has 1 aliphatic rings. The molecule has 22 heavy (non-hydrogen) atoms. The summed E-state index contributed by atoms with van der Waals surface area (Å²) >= 11 is 0. The fourth-order valence-electron chi connectivity index (χ4n) is 2.79. The Bertz CT molecular complexity index is 501. The first-order valence-electron chi connectivity index (χ1n) is 7.10. The zero-order valence-corrected chi connectivity index (χ0v) is 12.2. The molecule has 0 aromatic heterocycles. The molecule has 1 aromatic rings. The lowest BCUT2D eigenvalue weighted by Crippen LogP contribution is -2.52. The van der Waals surface area contributed by atoms with Crippen molar-refractivity contribution in [1.82, 2.24) is 9.80 Å². The molecule has 0 aliphatic carbocycles. The van der Waals surface area contributed by atoms with Crippen LogP contribution in [0.3, 0.4) is 0 Å². The molecule has 1 unspecified atom stereocenters. The number of carboxylic acid groups (broad SMARTS) is 1. The van der Waals surface area contributed by atoms with Crippen molar-refractivity contribution in [1.29, 1.82) is 0 Å². The third kappa shape index (κ3) is 3.71. The summed E-state index contributed by atoms with van der Waals surface area (Å²) in [7, 11) is 0. The molecule has 1 fully saturated rings. The molecule has 1 amide bonds. The Morgan fingerprint density at radius 1 is 1.36 bits per heavy atom. The van der Waals surface area contributed by atoms with E-state index in [9.17, 15) is 18.0 Å². The Kier molecular flexibility index (Phi) is 5.28. The minimum absolute atomic E-state index is 0.0410. The van der Waals surface area contributed by atoms with Gasteiger partial charge in [-0.3, -0.25) is 9.80 Å². The molecule has 3 atom stereocenters. The summed E-state index contributed by atoms with van der Waals surface area (Å²) < 4.78 is 39.8. The van der Waals surface area contributed by atoms with Gasteiger partial charge in [-0.25, -0.2) is 18.0 Å². The van der Waals surface area contributed by atoms with Crippen LogP contribution in [0.1, 0.15) is 12.5 Å². The van der Waals surface area contributed by atoms with Gasteiger partial charge >= 0.3 is 6.09 Å². The zero-order valence-electron chi connectivity index (χ0n) is 12.2. The molecule has 0 spiro atoms. The smallest absolute Gasteiger partial charge is 0.408 e. The van der Waals surface area contributed by atoms with E-state index in [4.69, 9.17) is 5.11 Å². The van der Waals surface area contributed by atoms with Crippen molar-refractivity contribution in [2.24, 2.45) is 0 Å². The summed E-state index contributed by atoms with van der Waals surface area (Å²) in [6.07, 6.45) is -5.82. The van der Waals surface area contributed by atoms with Crippen LogP contribution in [0, 0.1) is 0 Å². The molecule has 0 radical (unpaired) electrons. The van der Waals surface area contributed by atoms with Gasteiger partial charge in [0.05, 0.1) is 12.1 Å². The van der Waals surface area contributed by atoms with Gasteiger partial charge in [0, 0.05) is 19.6 Å². The summed E-state index contributed by atoms with van der Waals surface area (Å²) in [5, 5.41) is 9.15. The summed E-state index contributed by atoms with van der Waals surface area (Å²) in [5.41, 5.74) is 0.971. The van der Waals surface area contributed by atoms with Gasteiger partial charge in [0.15, 0.2) is 0 Å². The minimum Gasteiger partial charge on any atom is -0.465 e. The molecular formula is C15H19F3N2O2. The van der Waals surface area contributed by atoms with Gasteiger partial charge in [-0.1, -0.05) is 30.3 Å². The highest BCUT2D eigenvalue weighted by Crippen LogP contribution is 2.25. The maximum atomic E-state index is 14.2. The standard InChI is InChI=1S/C15H19F3N2O2/c1-10(14(17)18)20(15(21)22)13-9-19(8-12(13)16)7-11-5-3-2-4-6-11/h2-6,10,12-14H,7-9H2,1H3,(H,21,22)/t10-,12?,13-/m0/s1. The number of hydrogen-bond donors (Lipinski definition) is 1. The quantitative estimate of drug-likeness (QED) is 0.908. The molecule has 0 bridgehead atoms. The molecule has 1 saturated heterocycles. The highest BCUT2D eigenvalue weighted by molar-refractivity contribution is 5.66. The van der Waals surface area contributed by atoms with Crippen LogP contribution in [0.2, 0.25) is 0 Å². The minimum atomic E-state index is -2.84. The number of rotatable bonds is 5. The molecule has 1 N–H and O–H groups in total. The first-order valence-corrected chi connectivity index (χ1v) is 7.10. The third-order valence-electron chi connectivity index (χ3n) is 3.93. The third-order valence-corrected chi connectivity index (χ3v) is 3.93. The van der Waals surface area contributed by atoms with Gasteiger partial charge in [0.2, 0.25) is 0 Å². The molecule has 1 aliphatic heterocycles. The number of alkyl halides is 3. The van der Waals surface area contributed by atoms with Crippen molar-refractivity contribution in [2.45, 2.75) is 38.1 Å². The second kappa shape index (κ2) is 7.00. The number of likely N-dealkylation sites (tertiary alicyclic amines) is 1. The first kappa shape index (κ1) is 16.6. The molecule has 2 rings (SSSR count). The van der Waals surface area contributed by atoms with E-state index in [1.165, 1.54) is 0 Å². The summed E-state index contributed by atoms with van der Waals surface area (Å²) in [4.78, 5) is 13.6. The van der Waals surface area contributed by atoms with E-state index >= 15 is 0 Å². The van der Waals surface area contributed by atoms with Gasteiger partial charge in [-0.05, 0) is 12.5 Å². The van der Waals surface area contributed by atoms with Crippen LogP contribution >= 0.6 is 0 Å². The molecule has 1 heterocycles. The van der Waals surface area contributed by atoms with Gasteiger partial charge in [-0.15, -0.1) is 0 Å². The van der Waals surface area contributed by atoms with Gasteiger partial charge < -0.3 is 5.11 Å². The molecular weight excluding hydrogens is 297 g/mol. The summed E-state index contributed by atoms with van der Waals surface area (Å²) in [6, 6.07) is 6.76. The molecule has 7 heteroatoms. The van der Waals surface area contributed by atoms with Crippen LogP contribution < -0.4 is 0 Å². The van der Waals surface area contributed by atoms with Crippen LogP contribution in [0.15, 0.2) is 30.3 Å². The van der Waals surface area contributed by atoms with E-state index in [1.54, 1.807) is 4.90 Å². The predicted octanol–water partition coefficient (Wildman–Crippen LogP) is 2.84. The van der Waals surface area contributed by atoms with Crippen molar-refractivity contribution in [3.05, 3.63) is 35.9 Å². The van der Waals surface area contributed by atoms with E-state index in [0.717, 1.165) is 12.5 Å². The lowest BCUT2D eigenvalue weighted by atomic mass is 10.1. The molecule has 122 valence electrons. The summed E-state index contributed by atoms with van der Waals surface area (Å²) in [6.45, 7) is 1.72. The highest BCUT2D eigenvalue weighted by atomic mass is 19.3. The Hall–Kier alpha value is -1.76. The zero-order chi connectivity index (χ0) is 16.3. The van der Waals surface area contributed by atoms with Crippen LogP contribution in [-0.2, 0) is 6.54 Å². The fraction of sp³-hybridized carbons (Fsp3) is 0.533. The molecule has 1 aromatic carbocycles. The number of carbonyl (C=O) groups is 1. The van der Waals surface area contributed by atoms with Gasteiger partial charge in [0.25, 0.3) is 6.43 Å². The first-order chi connectivity index (χ1) is 10.4. The fourth-order valence-corrected chi connectivity index (χ4v) is 2.79. The number of halogens is 3. The van der Waals surface area contributed by atoms with Crippen LogP contribution in [0.5, 0.6) is 0 Å². The van der Waals surface area contributed by atoms with Crippen molar-refractivity contribution >= 4 is 6.09 Å². The van der Waals surface area contributed by atoms with Crippen molar-refractivity contribution in [3.63, 3.8) is 0 Å². The average molecular weight is 316 g/mol. The van der Waals surface area contributed by atoms with Crippen molar-refractivity contribution in [3.8, 4) is 0 Å². The maximum absolute atomic E-state index is 14.2. The van der Waals surface area contributed by atoms with E-state index in [2.05, 4.69) is 0 Å². The average Bonchev–Trinajstić information content (AvgIpc) is 2.80. The maximum Gasteiger partial charge on any atom is 0.408 e. The number of amides is 1. The highest BCUT2D eigenvalue weighted by Gasteiger charge is 2.43. The Morgan fingerprint density at radius 2 is 2.00 bits per heavy atom. The van der Waals surface area contributed by atoms with E-state index in [0.29, 0.717) is 11.4 Å². The van der Waals surface area contributed by atoms with Gasteiger partial charge in [0.1, 0.15) is 6.17 Å². The second-order valence-corrected chi connectivity index (χ2v) is 5.53. The Labute approximate surface area is 127 Å². The van der Waals surface area contributed by atoms with Crippen LogP contribution in [0.4, 0.5) is 18.0 Å². The van der Waals surface area contributed by atoms with Gasteiger partial charge in [-0.2, -0.15) is 0 Å². The Morgan fingerprint density at radius 3 is 2.55 bits per heavy atom. The van der Waals surface area contributed by atoms with Crippen LogP contribution in [0.25, 0.3) is 0 Å². The Balaban J connectivity index is 2.07. The van der Waals surface area contributed by atoms with E-state index in [1.807, 2.05) is 30.3 Å². The lowest BCUT2D eigenvalue weighted by Gasteiger charge is -2.32. The second-order valence-electron chi connectivity index (χ2n) is 5.53. The summed E-state index contributed by atoms with van der Waals surface area (Å²) in [5.74, 6) is 0. The van der Waals surface area contributed by atoms with Crippen molar-refractivity contribution < 1.29 is 23.1 Å². The number of nitrogens with zero attached hydrogens (tertiary/aromatic N) is 2. The van der Waals surface area contributed by atoms with Crippen LogP contribution in [-0.4, -0.2) is 58.8 Å². The predicted molar refractivity (Wildman–Crippen MR) is 75.7 cm³/mol. The van der Waals surface area contributed by atoms with E-state index < -0.39 is 30.8 Å². The molecule has 0 saturated carbocycles. The molecule has 4 nitrogen and oxygen atoms in total. The van der Waals surface area contributed by atoms with Crippen molar-refractivity contribution in [2.75, 3.05) is 13.1 Å². The number of benzene rings is 1. The monoisotopic (exact) mass is 316 g/mol.